The largest absolute Gasteiger partial charge is 0.380 e. The lowest BCUT2D eigenvalue weighted by molar-refractivity contribution is -0.132. The van der Waals surface area contributed by atoms with Crippen LogP contribution in [0.15, 0.2) is 39.9 Å². The first kappa shape index (κ1) is 23.3. The summed E-state index contributed by atoms with van der Waals surface area (Å²) in [6.07, 6.45) is 5.88. The second-order valence-corrected chi connectivity index (χ2v) is 11.4. The molecule has 34 heavy (non-hydrogen) atoms. The quantitative estimate of drug-likeness (QED) is 0.641. The van der Waals surface area contributed by atoms with Gasteiger partial charge in [-0.15, -0.1) is 0 Å². The summed E-state index contributed by atoms with van der Waals surface area (Å²) in [6, 6.07) is 6.17. The minimum Gasteiger partial charge on any atom is -0.380 e. The van der Waals surface area contributed by atoms with Crippen LogP contribution in [-0.4, -0.2) is 57.8 Å². The second-order valence-electron chi connectivity index (χ2n) is 10.6. The lowest BCUT2D eigenvalue weighted by atomic mass is 9.45. The van der Waals surface area contributed by atoms with Crippen molar-refractivity contribution in [3.63, 3.8) is 0 Å². The SMILES string of the molecule is C[C@H]1[C@H](Nc2cnn(CC(=O)N3CCN(c4ccccn4)CC3)c(=O)c2Br)C[C@H]2C[C@@H]1C2(C)C. The molecule has 2 aromatic rings. The Morgan fingerprint density at radius 2 is 1.97 bits per heavy atom. The van der Waals surface area contributed by atoms with Gasteiger partial charge in [0, 0.05) is 38.4 Å². The Morgan fingerprint density at radius 1 is 1.21 bits per heavy atom. The zero-order chi connectivity index (χ0) is 24.0. The van der Waals surface area contributed by atoms with Gasteiger partial charge >= 0.3 is 0 Å². The normalized spacial score (nSPS) is 27.8. The van der Waals surface area contributed by atoms with Gasteiger partial charge in [0.1, 0.15) is 16.8 Å². The first-order chi connectivity index (χ1) is 16.3. The summed E-state index contributed by atoms with van der Waals surface area (Å²) < 4.78 is 1.70. The van der Waals surface area contributed by atoms with Crippen LogP contribution in [0, 0.1) is 23.2 Å². The number of hydrogen-bond donors (Lipinski definition) is 1. The maximum Gasteiger partial charge on any atom is 0.283 e. The van der Waals surface area contributed by atoms with Gasteiger partial charge in [-0.05, 0) is 64.1 Å². The van der Waals surface area contributed by atoms with Crippen LogP contribution in [0.1, 0.15) is 33.6 Å². The molecular formula is C25H33BrN6O2. The van der Waals surface area contributed by atoms with Crippen LogP contribution in [0.25, 0.3) is 0 Å². The lowest BCUT2D eigenvalue weighted by Crippen LogP contribution is -2.58. The first-order valence-corrected chi connectivity index (χ1v) is 13.0. The highest BCUT2D eigenvalue weighted by Gasteiger charge is 2.56. The van der Waals surface area contributed by atoms with Crippen molar-refractivity contribution in [2.75, 3.05) is 36.4 Å². The number of carbonyl (C=O) groups excluding carboxylic acids is 1. The van der Waals surface area contributed by atoms with Gasteiger partial charge in [-0.25, -0.2) is 9.67 Å². The lowest BCUT2D eigenvalue weighted by Gasteiger charge is -2.62. The molecule has 0 aromatic carbocycles. The van der Waals surface area contributed by atoms with Crippen molar-refractivity contribution < 1.29 is 4.79 Å². The number of fused-ring (bicyclic) bond motifs is 2. The number of carbonyl (C=O) groups is 1. The Hall–Kier alpha value is -2.42. The zero-order valence-electron chi connectivity index (χ0n) is 20.1. The number of piperazine rings is 1. The van der Waals surface area contributed by atoms with Gasteiger partial charge < -0.3 is 15.1 Å². The maximum atomic E-state index is 13.0. The van der Waals surface area contributed by atoms with Crippen molar-refractivity contribution in [3.05, 3.63) is 45.4 Å². The standard InChI is InChI=1S/C25H33BrN6O2/c1-16-18-12-17(25(18,2)3)13-19(16)29-20-14-28-32(24(34)23(20)26)15-22(33)31-10-8-30(9-11-31)21-6-4-5-7-27-21/h4-7,14,16-19,29H,8-13,15H2,1-3H3/t16-,17-,18+,19-/m1/s1. The third-order valence-electron chi connectivity index (χ3n) is 8.57. The van der Waals surface area contributed by atoms with Crippen LogP contribution in [0.2, 0.25) is 0 Å². The topological polar surface area (TPSA) is 83.4 Å². The van der Waals surface area contributed by atoms with E-state index < -0.39 is 0 Å². The molecule has 1 aliphatic heterocycles. The summed E-state index contributed by atoms with van der Waals surface area (Å²) >= 11 is 3.47. The molecule has 3 aliphatic carbocycles. The number of rotatable bonds is 5. The Kier molecular flexibility index (Phi) is 6.16. The smallest absolute Gasteiger partial charge is 0.283 e. The third kappa shape index (κ3) is 4.12. The molecule has 4 aliphatic rings. The van der Waals surface area contributed by atoms with E-state index in [1.54, 1.807) is 17.3 Å². The molecule has 4 atom stereocenters. The predicted octanol–water partition coefficient (Wildman–Crippen LogP) is 3.23. The number of aromatic nitrogens is 3. The average Bonchev–Trinajstić information content (AvgIpc) is 2.85. The van der Waals surface area contributed by atoms with Crippen LogP contribution in [-0.2, 0) is 11.3 Å². The van der Waals surface area contributed by atoms with E-state index >= 15 is 0 Å². The van der Waals surface area contributed by atoms with E-state index in [9.17, 15) is 9.59 Å². The van der Waals surface area contributed by atoms with Crippen LogP contribution < -0.4 is 15.8 Å². The molecule has 1 saturated heterocycles. The number of nitrogens with one attached hydrogen (secondary N) is 1. The molecule has 0 spiro atoms. The number of amides is 1. The summed E-state index contributed by atoms with van der Waals surface area (Å²) in [4.78, 5) is 34.2. The van der Waals surface area contributed by atoms with Gasteiger partial charge in [0.25, 0.3) is 5.56 Å². The van der Waals surface area contributed by atoms with Crippen molar-refractivity contribution >= 4 is 33.3 Å². The highest BCUT2D eigenvalue weighted by Crippen LogP contribution is 2.61. The van der Waals surface area contributed by atoms with E-state index in [2.05, 4.69) is 57.0 Å². The molecule has 6 rings (SSSR count). The summed E-state index contributed by atoms with van der Waals surface area (Å²) in [6.45, 7) is 9.66. The van der Waals surface area contributed by atoms with Crippen molar-refractivity contribution in [2.45, 2.75) is 46.2 Å². The number of pyridine rings is 1. The fraction of sp³-hybridized carbons (Fsp3) is 0.600. The minimum atomic E-state index is -0.278. The molecule has 0 radical (unpaired) electrons. The zero-order valence-corrected chi connectivity index (χ0v) is 21.7. The Labute approximate surface area is 208 Å². The second kappa shape index (κ2) is 8.98. The number of hydrogen-bond acceptors (Lipinski definition) is 6. The summed E-state index contributed by atoms with van der Waals surface area (Å²) in [5.74, 6) is 2.82. The average molecular weight is 529 g/mol. The number of anilines is 2. The third-order valence-corrected chi connectivity index (χ3v) is 9.34. The molecule has 0 unspecified atom stereocenters. The summed E-state index contributed by atoms with van der Waals surface area (Å²) in [7, 11) is 0. The van der Waals surface area contributed by atoms with Crippen LogP contribution >= 0.6 is 15.9 Å². The highest BCUT2D eigenvalue weighted by atomic mass is 79.9. The first-order valence-electron chi connectivity index (χ1n) is 12.2. The van der Waals surface area contributed by atoms with E-state index in [-0.39, 0.29) is 18.0 Å². The predicted molar refractivity (Wildman–Crippen MR) is 136 cm³/mol. The monoisotopic (exact) mass is 528 g/mol. The summed E-state index contributed by atoms with van der Waals surface area (Å²) in [5, 5.41) is 7.90. The fourth-order valence-corrected chi connectivity index (χ4v) is 6.59. The minimum absolute atomic E-state index is 0.0561. The molecule has 3 saturated carbocycles. The maximum absolute atomic E-state index is 13.0. The van der Waals surface area contributed by atoms with E-state index in [0.29, 0.717) is 46.5 Å². The van der Waals surface area contributed by atoms with Crippen molar-refractivity contribution in [2.24, 2.45) is 23.2 Å². The van der Waals surface area contributed by atoms with Crippen LogP contribution in [0.5, 0.6) is 0 Å². The van der Waals surface area contributed by atoms with E-state index in [1.165, 1.54) is 11.1 Å². The molecule has 3 heterocycles. The molecule has 4 fully saturated rings. The van der Waals surface area contributed by atoms with E-state index in [0.717, 1.165) is 31.2 Å². The number of nitrogens with zero attached hydrogens (tertiary/aromatic N) is 5. The molecule has 2 bridgehead atoms. The van der Waals surface area contributed by atoms with Gasteiger partial charge in [-0.2, -0.15) is 5.10 Å². The molecular weight excluding hydrogens is 496 g/mol. The van der Waals surface area contributed by atoms with Crippen molar-refractivity contribution in [1.29, 1.82) is 0 Å². The Balaban J connectivity index is 1.20. The molecule has 8 nitrogen and oxygen atoms in total. The highest BCUT2D eigenvalue weighted by molar-refractivity contribution is 9.10. The van der Waals surface area contributed by atoms with E-state index in [1.807, 2.05) is 18.2 Å². The van der Waals surface area contributed by atoms with Crippen molar-refractivity contribution in [1.82, 2.24) is 19.7 Å². The van der Waals surface area contributed by atoms with Gasteiger partial charge in [0.15, 0.2) is 0 Å². The Morgan fingerprint density at radius 3 is 2.62 bits per heavy atom. The van der Waals surface area contributed by atoms with Crippen LogP contribution in [0.4, 0.5) is 11.5 Å². The van der Waals surface area contributed by atoms with Gasteiger partial charge in [0.05, 0.1) is 11.9 Å². The van der Waals surface area contributed by atoms with Gasteiger partial charge in [-0.1, -0.05) is 26.8 Å². The Bertz CT molecular complexity index is 1110. The molecule has 1 amide bonds. The van der Waals surface area contributed by atoms with Crippen LogP contribution in [0.3, 0.4) is 0 Å². The van der Waals surface area contributed by atoms with Gasteiger partial charge in [-0.3, -0.25) is 9.59 Å². The van der Waals surface area contributed by atoms with Gasteiger partial charge in [0.2, 0.25) is 5.91 Å². The number of halogens is 1. The fourth-order valence-electron chi connectivity index (χ4n) is 6.17. The molecule has 1 N–H and O–H groups in total. The summed E-state index contributed by atoms with van der Waals surface area (Å²) in [5.41, 5.74) is 0.855. The molecule has 182 valence electrons. The van der Waals surface area contributed by atoms with E-state index in [4.69, 9.17) is 0 Å². The molecule has 2 aromatic heterocycles. The molecule has 9 heteroatoms. The van der Waals surface area contributed by atoms with Crippen molar-refractivity contribution in [3.8, 4) is 0 Å².